The number of hydrogen-bond acceptors (Lipinski definition) is 7. The Kier molecular flexibility index (Phi) is 5.28. The van der Waals surface area contributed by atoms with Crippen molar-refractivity contribution in [1.82, 2.24) is 0 Å². The van der Waals surface area contributed by atoms with Gasteiger partial charge in [0, 0.05) is 24.8 Å². The number of allylic oxidation sites excluding steroid dienone is 2. The molecule has 0 aromatic carbocycles. The first-order valence-electron chi connectivity index (χ1n) is 9.65. The molecule has 1 saturated heterocycles. The fraction of sp³-hybridized carbons (Fsp3) is 0.545. The third-order valence-corrected chi connectivity index (χ3v) is 6.23. The van der Waals surface area contributed by atoms with Gasteiger partial charge in [0.25, 0.3) is 0 Å². The van der Waals surface area contributed by atoms with Gasteiger partial charge in [0.1, 0.15) is 12.2 Å². The van der Waals surface area contributed by atoms with Gasteiger partial charge in [0.15, 0.2) is 5.78 Å². The van der Waals surface area contributed by atoms with E-state index in [9.17, 15) is 19.2 Å². The van der Waals surface area contributed by atoms with Crippen LogP contribution in [-0.2, 0) is 33.4 Å². The number of ether oxygens (including phenoxy) is 3. The van der Waals surface area contributed by atoms with Crippen LogP contribution in [0.2, 0.25) is 0 Å². The molecule has 0 spiro atoms. The average Bonchev–Trinajstić information content (AvgIpc) is 3.00. The first-order valence-corrected chi connectivity index (χ1v) is 9.65. The van der Waals surface area contributed by atoms with E-state index in [1.807, 2.05) is 0 Å². The van der Waals surface area contributed by atoms with Gasteiger partial charge in [-0.2, -0.15) is 0 Å². The van der Waals surface area contributed by atoms with Crippen molar-refractivity contribution in [2.45, 2.75) is 58.8 Å². The molecule has 0 N–H and O–H groups in total. The fourth-order valence-electron chi connectivity index (χ4n) is 4.72. The van der Waals surface area contributed by atoms with Gasteiger partial charge in [-0.15, -0.1) is 0 Å². The minimum atomic E-state index is -1.66. The van der Waals surface area contributed by atoms with Crippen molar-refractivity contribution >= 4 is 23.7 Å². The zero-order chi connectivity index (χ0) is 21.7. The van der Waals surface area contributed by atoms with Crippen molar-refractivity contribution < 1.29 is 33.4 Å². The van der Waals surface area contributed by atoms with Gasteiger partial charge in [0.2, 0.25) is 5.60 Å². The van der Waals surface area contributed by atoms with E-state index in [1.54, 1.807) is 32.9 Å². The second kappa shape index (κ2) is 7.28. The van der Waals surface area contributed by atoms with Gasteiger partial charge in [-0.3, -0.25) is 9.59 Å². The number of ketones is 1. The summed E-state index contributed by atoms with van der Waals surface area (Å²) in [7, 11) is 0. The number of rotatable bonds is 3. The lowest BCUT2D eigenvalue weighted by Crippen LogP contribution is -2.50. The highest BCUT2D eigenvalue weighted by Crippen LogP contribution is 2.52. The maximum atomic E-state index is 12.9. The van der Waals surface area contributed by atoms with Gasteiger partial charge in [-0.25, -0.2) is 9.59 Å². The van der Waals surface area contributed by atoms with Gasteiger partial charge in [0.05, 0.1) is 11.8 Å². The molecular weight excluding hydrogens is 376 g/mol. The SMILES string of the molecule is C=C1CC(OC(C)=O)C2C(OC(=O)C2(C)OC(=O)/C(C)=C\C)C2C(C)=CC(=O)C12. The maximum Gasteiger partial charge on any atom is 0.351 e. The lowest BCUT2D eigenvalue weighted by Gasteiger charge is -2.34. The Hall–Kier alpha value is -2.70. The van der Waals surface area contributed by atoms with Gasteiger partial charge in [-0.1, -0.05) is 23.8 Å². The quantitative estimate of drug-likeness (QED) is 0.310. The summed E-state index contributed by atoms with van der Waals surface area (Å²) in [6.45, 7) is 11.9. The molecule has 0 aromatic rings. The van der Waals surface area contributed by atoms with Crippen LogP contribution in [0.5, 0.6) is 0 Å². The van der Waals surface area contributed by atoms with Gasteiger partial charge < -0.3 is 14.2 Å². The number of esters is 3. The highest BCUT2D eigenvalue weighted by atomic mass is 16.6. The molecule has 2 aliphatic carbocycles. The molecule has 2 fully saturated rings. The minimum Gasteiger partial charge on any atom is -0.462 e. The lowest BCUT2D eigenvalue weighted by molar-refractivity contribution is -0.175. The summed E-state index contributed by atoms with van der Waals surface area (Å²) in [5.74, 6) is -3.74. The largest absolute Gasteiger partial charge is 0.462 e. The van der Waals surface area contributed by atoms with Crippen molar-refractivity contribution in [2.24, 2.45) is 17.8 Å². The molecule has 156 valence electrons. The van der Waals surface area contributed by atoms with Crippen LogP contribution in [0.1, 0.15) is 41.0 Å². The van der Waals surface area contributed by atoms with Crippen LogP contribution in [0.4, 0.5) is 0 Å². The summed E-state index contributed by atoms with van der Waals surface area (Å²) in [4.78, 5) is 49.8. The summed E-state index contributed by atoms with van der Waals surface area (Å²) >= 11 is 0. The van der Waals surface area contributed by atoms with Gasteiger partial charge >= 0.3 is 17.9 Å². The Morgan fingerprint density at radius 3 is 2.55 bits per heavy atom. The van der Waals surface area contributed by atoms with E-state index in [1.165, 1.54) is 13.8 Å². The molecule has 0 bridgehead atoms. The molecule has 1 heterocycles. The molecule has 6 unspecified atom stereocenters. The van der Waals surface area contributed by atoms with E-state index in [2.05, 4.69) is 6.58 Å². The van der Waals surface area contributed by atoms with Crippen LogP contribution in [0.15, 0.2) is 35.5 Å². The molecule has 29 heavy (non-hydrogen) atoms. The molecule has 0 amide bonds. The number of hydrogen-bond donors (Lipinski definition) is 0. The average molecular weight is 402 g/mol. The Bertz CT molecular complexity index is 864. The van der Waals surface area contributed by atoms with E-state index in [-0.39, 0.29) is 12.2 Å². The highest BCUT2D eigenvalue weighted by Gasteiger charge is 2.66. The van der Waals surface area contributed by atoms with Crippen LogP contribution in [0.25, 0.3) is 0 Å². The summed E-state index contributed by atoms with van der Waals surface area (Å²) < 4.78 is 16.9. The Labute approximate surface area is 169 Å². The first-order chi connectivity index (χ1) is 13.5. The molecule has 1 saturated carbocycles. The van der Waals surface area contributed by atoms with Crippen molar-refractivity contribution in [3.63, 3.8) is 0 Å². The standard InChI is InChI=1S/C22H26O7/c1-7-10(2)20(25)29-22(6)18-15(27-13(5)23)9-12(4)16-14(24)8-11(3)17(16)19(18)28-21(22)26/h7-8,15-19H,4,9H2,1-3,5-6H3/b10-7-. The van der Waals surface area contributed by atoms with Crippen LogP contribution >= 0.6 is 0 Å². The Balaban J connectivity index is 2.10. The number of carbonyl (C=O) groups excluding carboxylic acids is 4. The molecule has 3 rings (SSSR count). The molecular formula is C22H26O7. The molecule has 0 radical (unpaired) electrons. The van der Waals surface area contributed by atoms with Crippen LogP contribution in [0, 0.1) is 17.8 Å². The summed E-state index contributed by atoms with van der Waals surface area (Å²) in [5.41, 5.74) is 0.0676. The summed E-state index contributed by atoms with van der Waals surface area (Å²) in [6.07, 6.45) is 1.72. The predicted molar refractivity (Wildman–Crippen MR) is 102 cm³/mol. The van der Waals surface area contributed by atoms with Crippen molar-refractivity contribution in [1.29, 1.82) is 0 Å². The zero-order valence-electron chi connectivity index (χ0n) is 17.3. The topological polar surface area (TPSA) is 96.0 Å². The van der Waals surface area contributed by atoms with Crippen LogP contribution in [-0.4, -0.2) is 41.5 Å². The Morgan fingerprint density at radius 1 is 1.31 bits per heavy atom. The molecule has 3 aliphatic rings. The van der Waals surface area contributed by atoms with Gasteiger partial charge in [-0.05, 0) is 33.8 Å². The van der Waals surface area contributed by atoms with E-state index >= 15 is 0 Å². The summed E-state index contributed by atoms with van der Waals surface area (Å²) in [6, 6.07) is 0. The third kappa shape index (κ3) is 3.32. The highest BCUT2D eigenvalue weighted by molar-refractivity contribution is 5.98. The van der Waals surface area contributed by atoms with Crippen molar-refractivity contribution in [3.05, 3.63) is 35.5 Å². The van der Waals surface area contributed by atoms with E-state index in [0.717, 1.165) is 5.57 Å². The summed E-state index contributed by atoms with van der Waals surface area (Å²) in [5, 5.41) is 0. The van der Waals surface area contributed by atoms with Crippen LogP contribution < -0.4 is 0 Å². The van der Waals surface area contributed by atoms with Crippen LogP contribution in [0.3, 0.4) is 0 Å². The molecule has 6 atom stereocenters. The smallest absolute Gasteiger partial charge is 0.351 e. The zero-order valence-corrected chi connectivity index (χ0v) is 17.3. The van der Waals surface area contributed by atoms with E-state index < -0.39 is 53.5 Å². The molecule has 7 heteroatoms. The van der Waals surface area contributed by atoms with E-state index in [0.29, 0.717) is 11.1 Å². The maximum absolute atomic E-state index is 12.9. The van der Waals surface area contributed by atoms with Crippen molar-refractivity contribution in [2.75, 3.05) is 0 Å². The second-order valence-corrected chi connectivity index (χ2v) is 8.17. The molecule has 0 aromatic heterocycles. The third-order valence-electron chi connectivity index (χ3n) is 6.23. The monoisotopic (exact) mass is 402 g/mol. The normalized spacial score (nSPS) is 36.6. The fourth-order valence-corrected chi connectivity index (χ4v) is 4.72. The Morgan fingerprint density at radius 2 is 1.97 bits per heavy atom. The number of fused-ring (bicyclic) bond motifs is 3. The lowest BCUT2D eigenvalue weighted by atomic mass is 9.76. The molecule has 1 aliphatic heterocycles. The molecule has 7 nitrogen and oxygen atoms in total. The number of carbonyl (C=O) groups is 4. The van der Waals surface area contributed by atoms with Crippen molar-refractivity contribution in [3.8, 4) is 0 Å². The predicted octanol–water partition coefficient (Wildman–Crippen LogP) is 2.45. The van der Waals surface area contributed by atoms with E-state index in [4.69, 9.17) is 14.2 Å². The minimum absolute atomic E-state index is 0.105. The first kappa shape index (κ1) is 21.0. The second-order valence-electron chi connectivity index (χ2n) is 8.17.